The third-order valence-electron chi connectivity index (χ3n) is 3.73. The lowest BCUT2D eigenvalue weighted by Gasteiger charge is -2.17. The van der Waals surface area contributed by atoms with Crippen LogP contribution in [0.25, 0.3) is 0 Å². The van der Waals surface area contributed by atoms with Crippen LogP contribution in [0.4, 0.5) is 0 Å². The summed E-state index contributed by atoms with van der Waals surface area (Å²) < 4.78 is 0. The minimum Gasteiger partial charge on any atom is -0.283 e. The molecule has 1 saturated heterocycles. The van der Waals surface area contributed by atoms with Gasteiger partial charge in [0, 0.05) is 19.3 Å². The Kier molecular flexibility index (Phi) is 3.69. The molecule has 0 bridgehead atoms. The van der Waals surface area contributed by atoms with Gasteiger partial charge in [0.1, 0.15) is 5.69 Å². The Balaban J connectivity index is 0.00000108. The number of H-pyrrole nitrogens is 1. The molecule has 3 rings (SSSR count). The normalized spacial score (nSPS) is 27.5. The molecule has 2 heterocycles. The van der Waals surface area contributed by atoms with Crippen molar-refractivity contribution in [3.63, 3.8) is 0 Å². The molecule has 17 heavy (non-hydrogen) atoms. The van der Waals surface area contributed by atoms with E-state index in [1.165, 1.54) is 19.3 Å². The van der Waals surface area contributed by atoms with E-state index < -0.39 is 0 Å². The predicted octanol–water partition coefficient (Wildman–Crippen LogP) is 1.21. The van der Waals surface area contributed by atoms with Crippen LogP contribution in [-0.4, -0.2) is 34.2 Å². The largest absolute Gasteiger partial charge is 0.283 e. The second-order valence-electron chi connectivity index (χ2n) is 4.77. The number of hydrogen-bond donors (Lipinski definition) is 2. The van der Waals surface area contributed by atoms with Crippen LogP contribution in [0.2, 0.25) is 0 Å². The zero-order valence-electron chi connectivity index (χ0n) is 9.56. The lowest BCUT2D eigenvalue weighted by molar-refractivity contribution is 0.0809. The Morgan fingerprint density at radius 1 is 1.41 bits per heavy atom. The molecule has 1 aliphatic carbocycles. The first kappa shape index (κ1) is 12.4. The van der Waals surface area contributed by atoms with Crippen LogP contribution in [0.5, 0.6) is 0 Å². The topological polar surface area (TPSA) is 61.0 Å². The molecule has 94 valence electrons. The van der Waals surface area contributed by atoms with Crippen LogP contribution in [0.15, 0.2) is 12.3 Å². The molecule has 2 N–H and O–H groups in total. The van der Waals surface area contributed by atoms with E-state index in [1.54, 1.807) is 12.3 Å². The predicted molar refractivity (Wildman–Crippen MR) is 65.7 cm³/mol. The number of hydrogen-bond acceptors (Lipinski definition) is 3. The highest BCUT2D eigenvalue weighted by atomic mass is 35.5. The highest BCUT2D eigenvalue weighted by Crippen LogP contribution is 2.36. The smallest absolute Gasteiger partial charge is 0.283 e. The first-order valence-corrected chi connectivity index (χ1v) is 5.88. The summed E-state index contributed by atoms with van der Waals surface area (Å²) in [6.07, 6.45) is 5.59. The molecule has 6 heteroatoms. The zero-order valence-corrected chi connectivity index (χ0v) is 10.4. The molecule has 2 atom stereocenters. The summed E-state index contributed by atoms with van der Waals surface area (Å²) in [5.41, 5.74) is 3.46. The minimum absolute atomic E-state index is 0. The molecule has 1 aromatic rings. The number of amides is 1. The molecule has 0 aromatic carbocycles. The molecule has 5 nitrogen and oxygen atoms in total. The summed E-state index contributed by atoms with van der Waals surface area (Å²) in [5.74, 6) is 1.50. The Morgan fingerprint density at radius 3 is 2.71 bits per heavy atom. The maximum atomic E-state index is 11.8. The number of carbonyl (C=O) groups excluding carboxylic acids is 1. The van der Waals surface area contributed by atoms with Gasteiger partial charge in [-0.1, -0.05) is 6.42 Å². The third kappa shape index (κ3) is 2.45. The number of aromatic nitrogens is 2. The monoisotopic (exact) mass is 256 g/mol. The van der Waals surface area contributed by atoms with Gasteiger partial charge in [-0.25, -0.2) is 5.01 Å². The molecule has 0 spiro atoms. The highest BCUT2D eigenvalue weighted by molar-refractivity contribution is 5.91. The first-order chi connectivity index (χ1) is 7.83. The summed E-state index contributed by atoms with van der Waals surface area (Å²) >= 11 is 0. The molecule has 2 aliphatic rings. The van der Waals surface area contributed by atoms with Crippen molar-refractivity contribution in [2.75, 3.05) is 13.1 Å². The Morgan fingerprint density at radius 2 is 2.12 bits per heavy atom. The minimum atomic E-state index is -0.0857. The fraction of sp³-hybridized carbons (Fsp3) is 0.636. The van der Waals surface area contributed by atoms with Crippen molar-refractivity contribution >= 4 is 18.3 Å². The zero-order chi connectivity index (χ0) is 11.0. The second kappa shape index (κ2) is 5.06. The van der Waals surface area contributed by atoms with Gasteiger partial charge in [0.05, 0.1) is 0 Å². The fourth-order valence-electron chi connectivity index (χ4n) is 2.91. The molecule has 0 radical (unpaired) electrons. The Bertz CT molecular complexity index is 369. The lowest BCUT2D eigenvalue weighted by Crippen LogP contribution is -2.41. The van der Waals surface area contributed by atoms with Gasteiger partial charge >= 0.3 is 0 Å². The van der Waals surface area contributed by atoms with Crippen molar-refractivity contribution in [2.24, 2.45) is 11.8 Å². The number of rotatable bonds is 2. The lowest BCUT2D eigenvalue weighted by atomic mass is 10.0. The summed E-state index contributed by atoms with van der Waals surface area (Å²) in [6.45, 7) is 2.01. The van der Waals surface area contributed by atoms with Gasteiger partial charge in [-0.3, -0.25) is 15.3 Å². The van der Waals surface area contributed by atoms with Crippen molar-refractivity contribution in [2.45, 2.75) is 19.3 Å². The van der Waals surface area contributed by atoms with E-state index in [-0.39, 0.29) is 18.3 Å². The third-order valence-corrected chi connectivity index (χ3v) is 3.73. The number of halogens is 1. The van der Waals surface area contributed by atoms with E-state index >= 15 is 0 Å². The SMILES string of the molecule is Cl.O=C(NN1CC2CCCC2C1)c1ccn[nH]1. The van der Waals surface area contributed by atoms with Crippen molar-refractivity contribution in [3.8, 4) is 0 Å². The van der Waals surface area contributed by atoms with E-state index in [2.05, 4.69) is 20.6 Å². The van der Waals surface area contributed by atoms with E-state index in [0.717, 1.165) is 24.9 Å². The number of nitrogens with zero attached hydrogens (tertiary/aromatic N) is 2. The van der Waals surface area contributed by atoms with Crippen LogP contribution >= 0.6 is 12.4 Å². The Labute approximate surface area is 106 Å². The average Bonchev–Trinajstić information content (AvgIpc) is 2.91. The van der Waals surface area contributed by atoms with Crippen LogP contribution in [-0.2, 0) is 0 Å². The van der Waals surface area contributed by atoms with Gasteiger partial charge in [-0.05, 0) is 30.7 Å². The summed E-state index contributed by atoms with van der Waals surface area (Å²) in [5, 5.41) is 8.50. The van der Waals surface area contributed by atoms with Crippen LogP contribution in [0.3, 0.4) is 0 Å². The molecule has 1 aromatic heterocycles. The summed E-state index contributed by atoms with van der Waals surface area (Å²) in [4.78, 5) is 11.8. The average molecular weight is 257 g/mol. The molecule has 1 amide bonds. The molecule has 2 fully saturated rings. The van der Waals surface area contributed by atoms with E-state index in [4.69, 9.17) is 0 Å². The van der Waals surface area contributed by atoms with Crippen LogP contribution < -0.4 is 5.43 Å². The van der Waals surface area contributed by atoms with Crippen molar-refractivity contribution in [3.05, 3.63) is 18.0 Å². The molecule has 2 unspecified atom stereocenters. The fourth-order valence-corrected chi connectivity index (χ4v) is 2.91. The van der Waals surface area contributed by atoms with E-state index in [0.29, 0.717) is 5.69 Å². The summed E-state index contributed by atoms with van der Waals surface area (Å²) in [6, 6.07) is 1.69. The first-order valence-electron chi connectivity index (χ1n) is 5.88. The maximum absolute atomic E-state index is 11.8. The van der Waals surface area contributed by atoms with Crippen molar-refractivity contribution in [1.82, 2.24) is 20.6 Å². The Hall–Kier alpha value is -1.07. The standard InChI is InChI=1S/C11H16N4O.ClH/c16-11(10-4-5-12-13-10)14-15-6-8-2-1-3-9(8)7-15;/h4-5,8-9H,1-3,6-7H2,(H,12,13)(H,14,16);1H. The quantitative estimate of drug-likeness (QED) is 0.836. The highest BCUT2D eigenvalue weighted by Gasteiger charge is 2.36. The second-order valence-corrected chi connectivity index (χ2v) is 4.77. The number of carbonyl (C=O) groups is 1. The van der Waals surface area contributed by atoms with Gasteiger partial charge in [-0.15, -0.1) is 12.4 Å². The molecular formula is C11H17ClN4O. The van der Waals surface area contributed by atoms with Crippen LogP contribution in [0.1, 0.15) is 29.8 Å². The number of hydrazine groups is 1. The van der Waals surface area contributed by atoms with Gasteiger partial charge in [0.25, 0.3) is 5.91 Å². The van der Waals surface area contributed by atoms with Gasteiger partial charge in [-0.2, -0.15) is 5.10 Å². The maximum Gasteiger partial charge on any atom is 0.283 e. The van der Waals surface area contributed by atoms with Gasteiger partial charge in [0.15, 0.2) is 0 Å². The number of nitrogens with one attached hydrogen (secondary N) is 2. The van der Waals surface area contributed by atoms with Crippen LogP contribution in [0, 0.1) is 11.8 Å². The van der Waals surface area contributed by atoms with Crippen molar-refractivity contribution < 1.29 is 4.79 Å². The van der Waals surface area contributed by atoms with Crippen molar-refractivity contribution in [1.29, 1.82) is 0 Å². The number of aromatic amines is 1. The van der Waals surface area contributed by atoms with Gasteiger partial charge < -0.3 is 0 Å². The van der Waals surface area contributed by atoms with Gasteiger partial charge in [0.2, 0.25) is 0 Å². The molecule has 1 saturated carbocycles. The van der Waals surface area contributed by atoms with E-state index in [1.807, 2.05) is 0 Å². The molecular weight excluding hydrogens is 240 g/mol. The summed E-state index contributed by atoms with van der Waals surface area (Å²) in [7, 11) is 0. The number of fused-ring (bicyclic) bond motifs is 1. The molecule has 1 aliphatic heterocycles. The van der Waals surface area contributed by atoms with E-state index in [9.17, 15) is 4.79 Å².